The van der Waals surface area contributed by atoms with Gasteiger partial charge in [0.25, 0.3) is 0 Å². The second-order valence-electron chi connectivity index (χ2n) is 5.38. The molecular formula is C15H22Cl2N2O. The van der Waals surface area contributed by atoms with E-state index in [0.717, 1.165) is 38.2 Å². The Bertz CT molecular complexity index is 416. The minimum Gasteiger partial charge on any atom is -0.381 e. The molecule has 0 bridgehead atoms. The van der Waals surface area contributed by atoms with Crippen molar-refractivity contribution in [3.05, 3.63) is 33.8 Å². The fourth-order valence-corrected chi connectivity index (χ4v) is 3.46. The van der Waals surface area contributed by atoms with Gasteiger partial charge in [0.15, 0.2) is 0 Å². The summed E-state index contributed by atoms with van der Waals surface area (Å²) in [6, 6.07) is 5.65. The first-order chi connectivity index (χ1) is 9.63. The lowest BCUT2D eigenvalue weighted by Crippen LogP contribution is -2.36. The van der Waals surface area contributed by atoms with E-state index >= 15 is 0 Å². The summed E-state index contributed by atoms with van der Waals surface area (Å²) < 4.78 is 5.41. The molecule has 1 fully saturated rings. The summed E-state index contributed by atoms with van der Waals surface area (Å²) in [7, 11) is 2.09. The van der Waals surface area contributed by atoms with Crippen LogP contribution in [0.3, 0.4) is 0 Å². The van der Waals surface area contributed by atoms with Crippen LogP contribution in [0.15, 0.2) is 18.2 Å². The third-order valence-electron chi connectivity index (χ3n) is 3.98. The molecule has 0 spiro atoms. The van der Waals surface area contributed by atoms with Crippen molar-refractivity contribution < 1.29 is 4.74 Å². The van der Waals surface area contributed by atoms with Gasteiger partial charge in [0.2, 0.25) is 0 Å². The Kier molecular flexibility index (Phi) is 6.12. The van der Waals surface area contributed by atoms with Gasteiger partial charge in [0.1, 0.15) is 0 Å². The van der Waals surface area contributed by atoms with Crippen LogP contribution in [0.5, 0.6) is 0 Å². The van der Waals surface area contributed by atoms with E-state index in [1.807, 2.05) is 18.2 Å². The zero-order valence-electron chi connectivity index (χ0n) is 11.8. The van der Waals surface area contributed by atoms with Crippen molar-refractivity contribution in [1.82, 2.24) is 4.90 Å². The first-order valence-corrected chi connectivity index (χ1v) is 7.81. The summed E-state index contributed by atoms with van der Waals surface area (Å²) >= 11 is 12.6. The summed E-state index contributed by atoms with van der Waals surface area (Å²) in [4.78, 5) is 2.27. The number of benzene rings is 1. The zero-order valence-corrected chi connectivity index (χ0v) is 13.3. The molecule has 0 saturated carbocycles. The highest BCUT2D eigenvalue weighted by molar-refractivity contribution is 6.36. The zero-order chi connectivity index (χ0) is 14.5. The fourth-order valence-electron chi connectivity index (χ4n) is 2.81. The molecule has 112 valence electrons. The van der Waals surface area contributed by atoms with Crippen molar-refractivity contribution in [3.8, 4) is 0 Å². The lowest BCUT2D eigenvalue weighted by atomic mass is 9.97. The molecule has 2 rings (SSSR count). The molecule has 0 radical (unpaired) electrons. The number of rotatable bonds is 5. The minimum absolute atomic E-state index is 0.0547. The molecule has 0 aliphatic carbocycles. The summed E-state index contributed by atoms with van der Waals surface area (Å²) in [5, 5.41) is 1.37. The van der Waals surface area contributed by atoms with Crippen molar-refractivity contribution in [1.29, 1.82) is 0 Å². The highest BCUT2D eigenvalue weighted by atomic mass is 35.5. The normalized spacial score (nSPS) is 18.4. The smallest absolute Gasteiger partial charge is 0.0497 e. The molecule has 1 saturated heterocycles. The average molecular weight is 317 g/mol. The lowest BCUT2D eigenvalue weighted by Gasteiger charge is -2.33. The fraction of sp³-hybridized carbons (Fsp3) is 0.600. The summed E-state index contributed by atoms with van der Waals surface area (Å²) in [6.45, 7) is 3.22. The maximum atomic E-state index is 6.30. The van der Waals surface area contributed by atoms with E-state index in [9.17, 15) is 0 Å². The van der Waals surface area contributed by atoms with Gasteiger partial charge in [0, 0.05) is 48.0 Å². The van der Waals surface area contributed by atoms with Gasteiger partial charge in [-0.25, -0.2) is 0 Å². The monoisotopic (exact) mass is 316 g/mol. The average Bonchev–Trinajstić information content (AvgIpc) is 2.44. The van der Waals surface area contributed by atoms with Gasteiger partial charge < -0.3 is 10.5 Å². The maximum absolute atomic E-state index is 6.30. The molecule has 1 unspecified atom stereocenters. The number of nitrogens with zero attached hydrogens (tertiary/aromatic N) is 1. The third-order valence-corrected chi connectivity index (χ3v) is 4.63. The first kappa shape index (κ1) is 16.1. The number of halogens is 2. The van der Waals surface area contributed by atoms with Gasteiger partial charge in [-0.05, 0) is 37.9 Å². The molecule has 1 aromatic carbocycles. The maximum Gasteiger partial charge on any atom is 0.0497 e. The number of hydrogen-bond acceptors (Lipinski definition) is 3. The van der Waals surface area contributed by atoms with Crippen LogP contribution in [0, 0.1) is 5.92 Å². The lowest BCUT2D eigenvalue weighted by molar-refractivity contribution is 0.0507. The Labute approximate surface area is 131 Å². The largest absolute Gasteiger partial charge is 0.381 e. The molecule has 1 heterocycles. The quantitative estimate of drug-likeness (QED) is 0.905. The van der Waals surface area contributed by atoms with E-state index in [-0.39, 0.29) is 6.04 Å². The van der Waals surface area contributed by atoms with Crippen LogP contribution in [-0.2, 0) is 4.74 Å². The topological polar surface area (TPSA) is 38.5 Å². The van der Waals surface area contributed by atoms with Gasteiger partial charge in [-0.15, -0.1) is 0 Å². The van der Waals surface area contributed by atoms with Crippen molar-refractivity contribution in [2.75, 3.05) is 33.4 Å². The number of likely N-dealkylation sites (N-methyl/N-ethyl adjacent to an activating group) is 1. The summed E-state index contributed by atoms with van der Waals surface area (Å²) in [5.41, 5.74) is 6.90. The van der Waals surface area contributed by atoms with Crippen LogP contribution in [0.1, 0.15) is 24.4 Å². The second-order valence-corrected chi connectivity index (χ2v) is 6.20. The number of ether oxygens (including phenoxy) is 1. The van der Waals surface area contributed by atoms with Crippen molar-refractivity contribution >= 4 is 23.2 Å². The molecule has 1 atom stereocenters. The minimum atomic E-state index is 0.0547. The van der Waals surface area contributed by atoms with E-state index in [4.69, 9.17) is 33.7 Å². The van der Waals surface area contributed by atoms with Crippen molar-refractivity contribution in [2.24, 2.45) is 11.7 Å². The van der Waals surface area contributed by atoms with E-state index < -0.39 is 0 Å². The van der Waals surface area contributed by atoms with Crippen LogP contribution in [0.2, 0.25) is 10.0 Å². The Morgan fingerprint density at radius 2 is 1.90 bits per heavy atom. The molecule has 1 aliphatic rings. The predicted molar refractivity (Wildman–Crippen MR) is 84.4 cm³/mol. The third kappa shape index (κ3) is 3.86. The highest BCUT2D eigenvalue weighted by Crippen LogP contribution is 2.33. The van der Waals surface area contributed by atoms with Crippen LogP contribution >= 0.6 is 23.2 Å². The second kappa shape index (κ2) is 7.62. The number of hydrogen-bond donors (Lipinski definition) is 1. The Morgan fingerprint density at radius 3 is 2.45 bits per heavy atom. The molecule has 0 aromatic heterocycles. The SMILES string of the molecule is CN(CC1CCOCC1)C(CN)c1c(Cl)cccc1Cl. The molecule has 1 aromatic rings. The molecule has 1 aliphatic heterocycles. The van der Waals surface area contributed by atoms with Gasteiger partial charge in [-0.3, -0.25) is 4.90 Å². The molecule has 5 heteroatoms. The Balaban J connectivity index is 2.10. The van der Waals surface area contributed by atoms with Gasteiger partial charge in [-0.1, -0.05) is 29.3 Å². The van der Waals surface area contributed by atoms with E-state index in [2.05, 4.69) is 11.9 Å². The predicted octanol–water partition coefficient (Wildman–Crippen LogP) is 3.35. The van der Waals surface area contributed by atoms with Crippen LogP contribution in [0.25, 0.3) is 0 Å². The molecule has 20 heavy (non-hydrogen) atoms. The van der Waals surface area contributed by atoms with E-state index in [0.29, 0.717) is 22.5 Å². The Morgan fingerprint density at radius 1 is 1.30 bits per heavy atom. The molecule has 2 N–H and O–H groups in total. The van der Waals surface area contributed by atoms with Crippen LogP contribution < -0.4 is 5.73 Å². The molecule has 0 amide bonds. The van der Waals surface area contributed by atoms with Crippen molar-refractivity contribution in [2.45, 2.75) is 18.9 Å². The summed E-state index contributed by atoms with van der Waals surface area (Å²) in [5.74, 6) is 0.657. The number of nitrogens with two attached hydrogens (primary N) is 1. The first-order valence-electron chi connectivity index (χ1n) is 7.05. The molecular weight excluding hydrogens is 295 g/mol. The van der Waals surface area contributed by atoms with E-state index in [1.54, 1.807) is 0 Å². The van der Waals surface area contributed by atoms with Gasteiger partial charge in [0.05, 0.1) is 0 Å². The standard InChI is InChI=1S/C15H22Cl2N2O/c1-19(10-11-5-7-20-8-6-11)14(9-18)15-12(16)3-2-4-13(15)17/h2-4,11,14H,5-10,18H2,1H3. The van der Waals surface area contributed by atoms with Crippen LogP contribution in [-0.4, -0.2) is 38.3 Å². The van der Waals surface area contributed by atoms with Gasteiger partial charge >= 0.3 is 0 Å². The molecule has 3 nitrogen and oxygen atoms in total. The summed E-state index contributed by atoms with van der Waals surface area (Å²) in [6.07, 6.45) is 2.22. The van der Waals surface area contributed by atoms with Crippen LogP contribution in [0.4, 0.5) is 0 Å². The Hall–Kier alpha value is -0.320. The van der Waals surface area contributed by atoms with E-state index in [1.165, 1.54) is 0 Å². The van der Waals surface area contributed by atoms with Crippen molar-refractivity contribution in [3.63, 3.8) is 0 Å². The highest BCUT2D eigenvalue weighted by Gasteiger charge is 2.24. The van der Waals surface area contributed by atoms with Gasteiger partial charge in [-0.2, -0.15) is 0 Å².